The second-order valence-corrected chi connectivity index (χ2v) is 9.23. The zero-order chi connectivity index (χ0) is 22.7. The van der Waals surface area contributed by atoms with Crippen molar-refractivity contribution in [2.45, 2.75) is 56.1 Å². The maximum absolute atomic E-state index is 12.5. The van der Waals surface area contributed by atoms with Crippen LogP contribution >= 0.6 is 11.6 Å². The van der Waals surface area contributed by atoms with Gasteiger partial charge in [-0.2, -0.15) is 0 Å². The number of carboxylic acid groups (broad SMARTS) is 1. The van der Waals surface area contributed by atoms with E-state index in [1.165, 1.54) is 0 Å². The summed E-state index contributed by atoms with van der Waals surface area (Å²) in [7, 11) is 0. The molecule has 1 aliphatic carbocycles. The first-order valence-corrected chi connectivity index (χ1v) is 11.5. The van der Waals surface area contributed by atoms with Gasteiger partial charge in [-0.1, -0.05) is 54.4 Å². The number of rotatable bonds is 8. The van der Waals surface area contributed by atoms with Crippen LogP contribution in [0.15, 0.2) is 60.7 Å². The van der Waals surface area contributed by atoms with Crippen LogP contribution in [0.3, 0.4) is 0 Å². The van der Waals surface area contributed by atoms with E-state index in [4.69, 9.17) is 16.7 Å². The molecule has 1 aliphatic heterocycles. The summed E-state index contributed by atoms with van der Waals surface area (Å²) in [4.78, 5) is 25.3. The summed E-state index contributed by atoms with van der Waals surface area (Å²) in [5.74, 6) is -0.829. The number of hydrogen-bond acceptors (Lipinski definition) is 3. The smallest absolute Gasteiger partial charge is 0.335 e. The van der Waals surface area contributed by atoms with Crippen molar-refractivity contribution in [3.63, 3.8) is 0 Å². The Bertz CT molecular complexity index is 995. The Morgan fingerprint density at radius 2 is 1.84 bits per heavy atom. The van der Waals surface area contributed by atoms with Crippen molar-refractivity contribution >= 4 is 23.5 Å². The second kappa shape index (κ2) is 9.47. The van der Waals surface area contributed by atoms with Crippen LogP contribution < -0.4 is 0 Å². The molecule has 0 aromatic heterocycles. The standard InChI is InChI=1S/C26H28ClNO4/c27-21-8-6-20(7-9-21)26(15-1-16-26)23(29)12-10-22-11-13-24(30)28(22)17-14-18-2-4-19(5-3-18)25(31)32/h2-10,12,22-23,29H,1,11,13-17H2,(H,31,32)/b12-10+/t22-,23?/m0/s1. The van der Waals surface area contributed by atoms with Gasteiger partial charge in [0.2, 0.25) is 5.91 Å². The predicted molar refractivity (Wildman–Crippen MR) is 124 cm³/mol. The van der Waals surface area contributed by atoms with E-state index in [0.29, 0.717) is 24.4 Å². The van der Waals surface area contributed by atoms with Crippen molar-refractivity contribution in [3.8, 4) is 0 Å². The van der Waals surface area contributed by atoms with Gasteiger partial charge in [0.25, 0.3) is 0 Å². The molecule has 0 spiro atoms. The first kappa shape index (κ1) is 22.6. The number of hydrogen-bond donors (Lipinski definition) is 2. The lowest BCUT2D eigenvalue weighted by Crippen LogP contribution is -2.44. The predicted octanol–water partition coefficient (Wildman–Crippen LogP) is 4.61. The number of amides is 1. The van der Waals surface area contributed by atoms with E-state index in [1.54, 1.807) is 24.3 Å². The summed E-state index contributed by atoms with van der Waals surface area (Å²) in [5, 5.41) is 20.8. The number of carbonyl (C=O) groups is 2. The highest BCUT2D eigenvalue weighted by atomic mass is 35.5. The molecule has 2 fully saturated rings. The summed E-state index contributed by atoms with van der Waals surface area (Å²) in [6.07, 6.45) is 8.10. The number of halogens is 1. The molecule has 1 heterocycles. The van der Waals surface area contributed by atoms with Gasteiger partial charge in [-0.15, -0.1) is 0 Å². The lowest BCUT2D eigenvalue weighted by molar-refractivity contribution is -0.128. The third-order valence-corrected chi connectivity index (χ3v) is 7.22. The quantitative estimate of drug-likeness (QED) is 0.572. The molecule has 1 unspecified atom stereocenters. The first-order valence-electron chi connectivity index (χ1n) is 11.1. The Morgan fingerprint density at radius 1 is 1.16 bits per heavy atom. The summed E-state index contributed by atoms with van der Waals surface area (Å²) >= 11 is 6.03. The Hall–Kier alpha value is -2.63. The average molecular weight is 454 g/mol. The van der Waals surface area contributed by atoms with E-state index in [2.05, 4.69) is 0 Å². The number of aromatic carboxylic acids is 1. The second-order valence-electron chi connectivity index (χ2n) is 8.79. The lowest BCUT2D eigenvalue weighted by Gasteiger charge is -2.45. The molecular formula is C26H28ClNO4. The highest BCUT2D eigenvalue weighted by molar-refractivity contribution is 6.30. The molecule has 168 valence electrons. The molecule has 2 atom stereocenters. The zero-order valence-electron chi connectivity index (χ0n) is 17.9. The van der Waals surface area contributed by atoms with Crippen molar-refractivity contribution in [1.29, 1.82) is 0 Å². The van der Waals surface area contributed by atoms with Crippen LogP contribution in [0.25, 0.3) is 0 Å². The number of carboxylic acids is 1. The molecule has 1 saturated carbocycles. The van der Waals surface area contributed by atoms with E-state index in [-0.39, 0.29) is 22.9 Å². The highest BCUT2D eigenvalue weighted by Gasteiger charge is 2.44. The molecule has 2 aromatic carbocycles. The van der Waals surface area contributed by atoms with E-state index in [9.17, 15) is 14.7 Å². The molecule has 0 bridgehead atoms. The molecule has 5 nitrogen and oxygen atoms in total. The Labute approximate surface area is 193 Å². The van der Waals surface area contributed by atoms with Crippen LogP contribution in [0.1, 0.15) is 53.6 Å². The van der Waals surface area contributed by atoms with Crippen LogP contribution in [0.2, 0.25) is 5.02 Å². The van der Waals surface area contributed by atoms with Crippen LogP contribution in [0.5, 0.6) is 0 Å². The number of carbonyl (C=O) groups excluding carboxylic acids is 1. The third kappa shape index (κ3) is 4.59. The van der Waals surface area contributed by atoms with Gasteiger partial charge in [-0.25, -0.2) is 4.79 Å². The topological polar surface area (TPSA) is 77.8 Å². The van der Waals surface area contributed by atoms with Crippen molar-refractivity contribution in [3.05, 3.63) is 82.4 Å². The number of nitrogens with zero attached hydrogens (tertiary/aromatic N) is 1. The molecule has 1 amide bonds. The van der Waals surface area contributed by atoms with Crippen molar-refractivity contribution in [2.75, 3.05) is 6.54 Å². The highest BCUT2D eigenvalue weighted by Crippen LogP contribution is 2.47. The van der Waals surface area contributed by atoms with E-state index < -0.39 is 12.1 Å². The monoisotopic (exact) mass is 453 g/mol. The number of aliphatic hydroxyl groups is 1. The molecule has 2 N–H and O–H groups in total. The minimum absolute atomic E-state index is 0.0298. The lowest BCUT2D eigenvalue weighted by atomic mass is 9.61. The minimum Gasteiger partial charge on any atom is -0.478 e. The summed E-state index contributed by atoms with van der Waals surface area (Å²) < 4.78 is 0. The molecule has 32 heavy (non-hydrogen) atoms. The van der Waals surface area contributed by atoms with Crippen molar-refractivity contribution in [2.24, 2.45) is 0 Å². The van der Waals surface area contributed by atoms with E-state index in [1.807, 2.05) is 41.3 Å². The van der Waals surface area contributed by atoms with Crippen LogP contribution in [0.4, 0.5) is 0 Å². The normalized spacial score (nSPS) is 21.0. The van der Waals surface area contributed by atoms with Crippen molar-refractivity contribution < 1.29 is 19.8 Å². The van der Waals surface area contributed by atoms with Crippen LogP contribution in [-0.4, -0.2) is 45.7 Å². The summed E-state index contributed by atoms with van der Waals surface area (Å²) in [6.45, 7) is 0.568. The third-order valence-electron chi connectivity index (χ3n) is 6.96. The molecular weight excluding hydrogens is 426 g/mol. The van der Waals surface area contributed by atoms with Gasteiger partial charge in [0.1, 0.15) is 0 Å². The Morgan fingerprint density at radius 3 is 2.44 bits per heavy atom. The molecule has 1 saturated heterocycles. The fourth-order valence-electron chi connectivity index (χ4n) is 4.82. The average Bonchev–Trinajstić information content (AvgIpc) is 3.11. The van der Waals surface area contributed by atoms with Crippen LogP contribution in [-0.2, 0) is 16.6 Å². The van der Waals surface area contributed by atoms with Gasteiger partial charge >= 0.3 is 5.97 Å². The molecule has 4 rings (SSSR count). The SMILES string of the molecule is O=C(O)c1ccc(CCN2C(=O)CC[C@@H]2/C=C/C(O)C2(c3ccc(Cl)cc3)CCC2)cc1. The van der Waals surface area contributed by atoms with E-state index >= 15 is 0 Å². The summed E-state index contributed by atoms with van der Waals surface area (Å²) in [6, 6.07) is 14.5. The molecule has 2 aliphatic rings. The number of likely N-dealkylation sites (tertiary alicyclic amines) is 1. The Kier molecular flexibility index (Phi) is 6.68. The fraction of sp³-hybridized carbons (Fsp3) is 0.385. The van der Waals surface area contributed by atoms with Gasteiger partial charge < -0.3 is 15.1 Å². The molecule has 6 heteroatoms. The van der Waals surface area contributed by atoms with Crippen LogP contribution in [0, 0.1) is 0 Å². The van der Waals surface area contributed by atoms with Gasteiger partial charge in [0.15, 0.2) is 0 Å². The van der Waals surface area contributed by atoms with Gasteiger partial charge in [0.05, 0.1) is 17.7 Å². The fourth-order valence-corrected chi connectivity index (χ4v) is 4.95. The van der Waals surface area contributed by atoms with Crippen molar-refractivity contribution in [1.82, 2.24) is 4.90 Å². The van der Waals surface area contributed by atoms with E-state index in [0.717, 1.165) is 36.8 Å². The largest absolute Gasteiger partial charge is 0.478 e. The first-order chi connectivity index (χ1) is 15.4. The van der Waals surface area contributed by atoms with Gasteiger partial charge in [0, 0.05) is 23.4 Å². The maximum atomic E-state index is 12.5. The van der Waals surface area contributed by atoms with Gasteiger partial charge in [-0.3, -0.25) is 4.79 Å². The number of benzene rings is 2. The molecule has 0 radical (unpaired) electrons. The maximum Gasteiger partial charge on any atom is 0.335 e. The zero-order valence-corrected chi connectivity index (χ0v) is 18.7. The summed E-state index contributed by atoms with van der Waals surface area (Å²) in [5.41, 5.74) is 2.08. The Balaban J connectivity index is 1.41. The minimum atomic E-state index is -0.946. The molecule has 2 aromatic rings. The number of aliphatic hydroxyl groups excluding tert-OH is 1. The van der Waals surface area contributed by atoms with Gasteiger partial charge in [-0.05, 0) is 61.1 Å².